The van der Waals surface area contributed by atoms with Crippen LogP contribution in [0.5, 0.6) is 5.75 Å². The van der Waals surface area contributed by atoms with Gasteiger partial charge in [-0.25, -0.2) is 0 Å². The molecule has 4 N–H and O–H groups in total. The highest BCUT2D eigenvalue weighted by atomic mass is 16.5. The Labute approximate surface area is 212 Å². The number of carbonyl (C=O) groups is 2. The quantitative estimate of drug-likeness (QED) is 0.309. The fourth-order valence-corrected chi connectivity index (χ4v) is 5.01. The standard InChI is InChI=1S/C28H36N4O4/c1-32-15-13-23(14-16-32)36-28(34)20-7-10-22(11-8-20)31-27(33)24-17-21(9-12-25(24)35-2)18-3-5-19(6-4-18)26(29)30/h3-6,9,12,17,20,22-23H,7-8,10-11,13-16H2,1-2H3,(H3,29,30)(H,31,33). The van der Waals surface area contributed by atoms with Gasteiger partial charge in [-0.3, -0.25) is 15.0 Å². The second-order valence-electron chi connectivity index (χ2n) is 9.87. The van der Waals surface area contributed by atoms with Crippen molar-refractivity contribution in [3.05, 3.63) is 53.6 Å². The highest BCUT2D eigenvalue weighted by molar-refractivity contribution is 5.99. The van der Waals surface area contributed by atoms with Crippen LogP contribution in [-0.2, 0) is 9.53 Å². The molecule has 2 aromatic carbocycles. The molecule has 8 heteroatoms. The first-order valence-electron chi connectivity index (χ1n) is 12.7. The fourth-order valence-electron chi connectivity index (χ4n) is 5.01. The highest BCUT2D eigenvalue weighted by Gasteiger charge is 2.31. The van der Waals surface area contributed by atoms with Crippen molar-refractivity contribution in [2.75, 3.05) is 27.2 Å². The molecule has 4 rings (SSSR count). The summed E-state index contributed by atoms with van der Waals surface area (Å²) in [5.41, 5.74) is 8.46. The van der Waals surface area contributed by atoms with Gasteiger partial charge in [0, 0.05) is 24.7 Å². The van der Waals surface area contributed by atoms with E-state index in [1.54, 1.807) is 25.3 Å². The van der Waals surface area contributed by atoms with Gasteiger partial charge in [0.05, 0.1) is 18.6 Å². The number of nitrogens with one attached hydrogen (secondary N) is 2. The molecule has 2 fully saturated rings. The minimum atomic E-state index is -0.189. The van der Waals surface area contributed by atoms with Gasteiger partial charge in [0.15, 0.2) is 0 Å². The Morgan fingerprint density at radius 1 is 0.972 bits per heavy atom. The van der Waals surface area contributed by atoms with E-state index in [-0.39, 0.29) is 35.8 Å². The summed E-state index contributed by atoms with van der Waals surface area (Å²) in [5.74, 6) is 0.160. The summed E-state index contributed by atoms with van der Waals surface area (Å²) in [4.78, 5) is 28.1. The number of carbonyl (C=O) groups excluding carboxylic acids is 2. The third kappa shape index (κ3) is 6.23. The van der Waals surface area contributed by atoms with E-state index >= 15 is 0 Å². The van der Waals surface area contributed by atoms with E-state index in [0.717, 1.165) is 62.7 Å². The van der Waals surface area contributed by atoms with E-state index in [2.05, 4.69) is 17.3 Å². The van der Waals surface area contributed by atoms with Crippen LogP contribution in [0.25, 0.3) is 11.1 Å². The Morgan fingerprint density at radius 2 is 1.61 bits per heavy atom. The fraction of sp³-hybridized carbons (Fsp3) is 0.464. The van der Waals surface area contributed by atoms with Gasteiger partial charge in [-0.05, 0) is 68.8 Å². The molecule has 1 amide bonds. The second-order valence-corrected chi connectivity index (χ2v) is 9.87. The van der Waals surface area contributed by atoms with Crippen LogP contribution >= 0.6 is 0 Å². The maximum absolute atomic E-state index is 13.2. The Kier molecular flexibility index (Phi) is 8.25. The van der Waals surface area contributed by atoms with Crippen molar-refractivity contribution in [3.63, 3.8) is 0 Å². The smallest absolute Gasteiger partial charge is 0.309 e. The van der Waals surface area contributed by atoms with Crippen LogP contribution < -0.4 is 15.8 Å². The molecule has 0 unspecified atom stereocenters. The average molecular weight is 493 g/mol. The lowest BCUT2D eigenvalue weighted by Crippen LogP contribution is -2.40. The number of amidine groups is 1. The lowest BCUT2D eigenvalue weighted by molar-refractivity contribution is -0.157. The number of nitrogens with zero attached hydrogens (tertiary/aromatic N) is 1. The van der Waals surface area contributed by atoms with Crippen molar-refractivity contribution in [2.24, 2.45) is 11.7 Å². The van der Waals surface area contributed by atoms with E-state index in [9.17, 15) is 9.59 Å². The maximum atomic E-state index is 13.2. The Bertz CT molecular complexity index is 1090. The van der Waals surface area contributed by atoms with Crippen LogP contribution in [0.15, 0.2) is 42.5 Å². The third-order valence-electron chi connectivity index (χ3n) is 7.32. The molecule has 36 heavy (non-hydrogen) atoms. The van der Waals surface area contributed by atoms with Gasteiger partial charge in [-0.15, -0.1) is 0 Å². The lowest BCUT2D eigenvalue weighted by atomic mass is 9.86. The average Bonchev–Trinajstić information content (AvgIpc) is 2.90. The summed E-state index contributed by atoms with van der Waals surface area (Å²) in [6.07, 6.45) is 4.75. The third-order valence-corrected chi connectivity index (χ3v) is 7.32. The number of esters is 1. The molecule has 1 aliphatic heterocycles. The van der Waals surface area contributed by atoms with Crippen molar-refractivity contribution in [1.82, 2.24) is 10.2 Å². The largest absolute Gasteiger partial charge is 0.496 e. The topological polar surface area (TPSA) is 118 Å². The number of methoxy groups -OCH3 is 1. The predicted molar refractivity (Wildman–Crippen MR) is 139 cm³/mol. The van der Waals surface area contributed by atoms with Crippen LogP contribution in [0.1, 0.15) is 54.4 Å². The molecule has 2 aliphatic rings. The summed E-state index contributed by atoms with van der Waals surface area (Å²) in [5, 5.41) is 10.7. The maximum Gasteiger partial charge on any atom is 0.309 e. The van der Waals surface area contributed by atoms with E-state index in [1.807, 2.05) is 24.3 Å². The highest BCUT2D eigenvalue weighted by Crippen LogP contribution is 2.30. The van der Waals surface area contributed by atoms with Crippen LogP contribution in [0, 0.1) is 11.3 Å². The van der Waals surface area contributed by atoms with Gasteiger partial charge in [0.2, 0.25) is 0 Å². The van der Waals surface area contributed by atoms with Gasteiger partial charge in [0.1, 0.15) is 17.7 Å². The molecule has 1 aliphatic carbocycles. The number of piperidine rings is 1. The molecule has 0 atom stereocenters. The van der Waals surface area contributed by atoms with Gasteiger partial charge in [-0.2, -0.15) is 0 Å². The first-order chi connectivity index (χ1) is 17.3. The molecule has 192 valence electrons. The number of ether oxygens (including phenoxy) is 2. The lowest BCUT2D eigenvalue weighted by Gasteiger charge is -2.32. The van der Waals surface area contributed by atoms with Gasteiger partial charge < -0.3 is 25.4 Å². The zero-order valence-electron chi connectivity index (χ0n) is 21.1. The minimum Gasteiger partial charge on any atom is -0.496 e. The zero-order chi connectivity index (χ0) is 25.7. The van der Waals surface area contributed by atoms with Crippen LogP contribution in [0.2, 0.25) is 0 Å². The molecule has 1 saturated heterocycles. The number of hydrogen-bond donors (Lipinski definition) is 3. The van der Waals surface area contributed by atoms with E-state index in [0.29, 0.717) is 16.9 Å². The number of benzene rings is 2. The number of likely N-dealkylation sites (tertiary alicyclic amines) is 1. The number of nitrogen functional groups attached to an aromatic ring is 1. The number of nitrogens with two attached hydrogens (primary N) is 1. The van der Waals surface area contributed by atoms with Crippen molar-refractivity contribution < 1.29 is 19.1 Å². The molecule has 2 aromatic rings. The molecule has 8 nitrogen and oxygen atoms in total. The molecule has 0 radical (unpaired) electrons. The number of amides is 1. The number of hydrogen-bond acceptors (Lipinski definition) is 6. The van der Waals surface area contributed by atoms with Gasteiger partial charge in [0.25, 0.3) is 5.91 Å². The Morgan fingerprint density at radius 3 is 2.22 bits per heavy atom. The molecular weight excluding hydrogens is 456 g/mol. The van der Waals surface area contributed by atoms with Crippen molar-refractivity contribution in [3.8, 4) is 16.9 Å². The first-order valence-corrected chi connectivity index (χ1v) is 12.7. The van der Waals surface area contributed by atoms with Crippen molar-refractivity contribution >= 4 is 17.7 Å². The summed E-state index contributed by atoms with van der Waals surface area (Å²) < 4.78 is 11.2. The van der Waals surface area contributed by atoms with Crippen molar-refractivity contribution in [1.29, 1.82) is 5.41 Å². The van der Waals surface area contributed by atoms with E-state index < -0.39 is 0 Å². The number of rotatable bonds is 7. The Hall–Kier alpha value is -3.39. The zero-order valence-corrected chi connectivity index (χ0v) is 21.1. The van der Waals surface area contributed by atoms with Crippen LogP contribution in [0.4, 0.5) is 0 Å². The summed E-state index contributed by atoms with van der Waals surface area (Å²) >= 11 is 0. The molecular formula is C28H36N4O4. The summed E-state index contributed by atoms with van der Waals surface area (Å²) in [6.45, 7) is 1.93. The van der Waals surface area contributed by atoms with E-state index in [4.69, 9.17) is 20.6 Å². The molecule has 1 heterocycles. The SMILES string of the molecule is COc1ccc(-c2ccc(C(=N)N)cc2)cc1C(=O)NC1CCC(C(=O)OC2CCN(C)CC2)CC1. The molecule has 0 spiro atoms. The van der Waals surface area contributed by atoms with Crippen molar-refractivity contribution in [2.45, 2.75) is 50.7 Å². The monoisotopic (exact) mass is 492 g/mol. The molecule has 0 bridgehead atoms. The summed E-state index contributed by atoms with van der Waals surface area (Å²) in [6, 6.07) is 12.9. The molecule has 1 saturated carbocycles. The normalized spacial score (nSPS) is 20.9. The summed E-state index contributed by atoms with van der Waals surface area (Å²) in [7, 11) is 3.64. The van der Waals surface area contributed by atoms with Gasteiger partial charge >= 0.3 is 5.97 Å². The Balaban J connectivity index is 1.34. The predicted octanol–water partition coefficient (Wildman–Crippen LogP) is 3.57. The molecule has 0 aromatic heterocycles. The van der Waals surface area contributed by atoms with Crippen LogP contribution in [-0.4, -0.2) is 62.0 Å². The second kappa shape index (κ2) is 11.6. The van der Waals surface area contributed by atoms with Crippen LogP contribution in [0.3, 0.4) is 0 Å². The first kappa shape index (κ1) is 25.7. The minimum absolute atomic E-state index is 0.00749. The van der Waals surface area contributed by atoms with Gasteiger partial charge in [-0.1, -0.05) is 30.3 Å². The van der Waals surface area contributed by atoms with E-state index in [1.165, 1.54) is 0 Å².